The molecule has 0 aliphatic rings. The van der Waals surface area contributed by atoms with E-state index in [4.69, 9.17) is 0 Å². The van der Waals surface area contributed by atoms with Crippen LogP contribution in [0.25, 0.3) is 5.57 Å². The van der Waals surface area contributed by atoms with Crippen molar-refractivity contribution in [2.75, 3.05) is 0 Å². The molecule has 0 radical (unpaired) electrons. The van der Waals surface area contributed by atoms with E-state index >= 15 is 0 Å². The number of nitrogens with zero attached hydrogens (tertiary/aromatic N) is 1. The molecule has 3 aromatic carbocycles. The van der Waals surface area contributed by atoms with Crippen LogP contribution in [0.15, 0.2) is 95.2 Å². The minimum absolute atomic E-state index is 0.341. The lowest BCUT2D eigenvalue weighted by atomic mass is 9.73. The van der Waals surface area contributed by atoms with Gasteiger partial charge in [0.1, 0.15) is 0 Å². The van der Waals surface area contributed by atoms with E-state index in [1.54, 1.807) is 6.92 Å². The predicted octanol–water partition coefficient (Wildman–Crippen LogP) is 6.44. The highest BCUT2D eigenvalue weighted by atomic mass is 32.2. The van der Waals surface area contributed by atoms with Crippen LogP contribution >= 0.6 is 0 Å². The van der Waals surface area contributed by atoms with Crippen molar-refractivity contribution in [2.45, 2.75) is 41.9 Å². The molecule has 0 heterocycles. The molecule has 0 aliphatic heterocycles. The van der Waals surface area contributed by atoms with Crippen LogP contribution in [0.3, 0.4) is 0 Å². The fraction of sp³-hybridized carbons (Fsp3) is 0.179. The SMILES string of the molecule is C=C(C[C@](C#N)(CC#CC)c1ccccc1[S@@](=O)c1ccc(C)cc1)c1ccccc1. The van der Waals surface area contributed by atoms with Gasteiger partial charge in [-0.1, -0.05) is 72.8 Å². The van der Waals surface area contributed by atoms with Crippen LogP contribution in [0.1, 0.15) is 36.5 Å². The summed E-state index contributed by atoms with van der Waals surface area (Å²) >= 11 is 0. The first kappa shape index (κ1) is 22.3. The fourth-order valence-corrected chi connectivity index (χ4v) is 4.89. The maximum absolute atomic E-state index is 13.5. The number of benzene rings is 3. The Hall–Kier alpha value is -3.40. The number of aryl methyl sites for hydroxylation is 1. The van der Waals surface area contributed by atoms with E-state index in [1.165, 1.54) is 0 Å². The van der Waals surface area contributed by atoms with E-state index in [0.717, 1.165) is 22.3 Å². The monoisotopic (exact) mass is 423 g/mol. The van der Waals surface area contributed by atoms with Crippen LogP contribution in [-0.4, -0.2) is 4.21 Å². The first-order valence-corrected chi connectivity index (χ1v) is 11.3. The summed E-state index contributed by atoms with van der Waals surface area (Å²) in [6.07, 6.45) is 0.748. The molecule has 0 saturated heterocycles. The molecule has 0 aromatic heterocycles. The zero-order valence-corrected chi connectivity index (χ0v) is 18.7. The van der Waals surface area contributed by atoms with Gasteiger partial charge >= 0.3 is 0 Å². The summed E-state index contributed by atoms with van der Waals surface area (Å²) in [7, 11) is -1.41. The smallest absolute Gasteiger partial charge is 0.0982 e. The van der Waals surface area contributed by atoms with Crippen LogP contribution in [0.5, 0.6) is 0 Å². The Bertz CT molecular complexity index is 1190. The Morgan fingerprint density at radius 2 is 1.65 bits per heavy atom. The van der Waals surface area contributed by atoms with Gasteiger partial charge in [-0.25, -0.2) is 4.21 Å². The maximum Gasteiger partial charge on any atom is 0.0982 e. The van der Waals surface area contributed by atoms with Crippen LogP contribution in [0.2, 0.25) is 0 Å². The molecule has 0 bridgehead atoms. The highest BCUT2D eigenvalue weighted by Gasteiger charge is 2.36. The van der Waals surface area contributed by atoms with Gasteiger partial charge < -0.3 is 0 Å². The van der Waals surface area contributed by atoms with E-state index in [1.807, 2.05) is 85.8 Å². The Labute approximate surface area is 187 Å². The minimum Gasteiger partial charge on any atom is -0.249 e. The normalized spacial score (nSPS) is 13.2. The number of rotatable bonds is 7. The first-order valence-electron chi connectivity index (χ1n) is 10.1. The lowest BCUT2D eigenvalue weighted by Crippen LogP contribution is -2.26. The number of nitriles is 1. The van der Waals surface area contributed by atoms with Crippen molar-refractivity contribution in [1.82, 2.24) is 0 Å². The van der Waals surface area contributed by atoms with Gasteiger partial charge in [-0.3, -0.25) is 0 Å². The summed E-state index contributed by atoms with van der Waals surface area (Å²) in [6, 6.07) is 27.6. The maximum atomic E-state index is 13.5. The van der Waals surface area contributed by atoms with E-state index < -0.39 is 16.2 Å². The van der Waals surface area contributed by atoms with Crippen LogP contribution in [0.4, 0.5) is 0 Å². The second kappa shape index (κ2) is 10.1. The van der Waals surface area contributed by atoms with Crippen LogP contribution in [-0.2, 0) is 16.2 Å². The van der Waals surface area contributed by atoms with Gasteiger partial charge in [-0.2, -0.15) is 5.26 Å². The molecule has 31 heavy (non-hydrogen) atoms. The molecule has 2 nitrogen and oxygen atoms in total. The van der Waals surface area contributed by atoms with Gasteiger partial charge in [0.2, 0.25) is 0 Å². The lowest BCUT2D eigenvalue weighted by Gasteiger charge is -2.28. The standard InChI is InChI=1S/C28H25NOS/c1-4-5-19-28(21-29,20-23(3)24-11-7-6-8-12-24)26-13-9-10-14-27(26)31(30)25-17-15-22(2)16-18-25/h6-18H,3,19-20H2,1-2H3/t28-,31-/m0/s1. The summed E-state index contributed by atoms with van der Waals surface area (Å²) < 4.78 is 13.5. The minimum atomic E-state index is -1.41. The summed E-state index contributed by atoms with van der Waals surface area (Å²) in [5.74, 6) is 6.02. The first-order chi connectivity index (χ1) is 15.0. The van der Waals surface area contributed by atoms with E-state index in [9.17, 15) is 9.47 Å². The van der Waals surface area contributed by atoms with Gasteiger partial charge in [0, 0.05) is 16.2 Å². The van der Waals surface area contributed by atoms with E-state index in [-0.39, 0.29) is 0 Å². The summed E-state index contributed by atoms with van der Waals surface area (Å²) in [6.45, 7) is 8.03. The zero-order chi connectivity index (χ0) is 22.3. The average molecular weight is 424 g/mol. The van der Waals surface area contributed by atoms with Crippen molar-refractivity contribution in [2.24, 2.45) is 0 Å². The topological polar surface area (TPSA) is 40.9 Å². The molecule has 0 fully saturated rings. The second-order valence-electron chi connectivity index (χ2n) is 7.52. The highest BCUT2D eigenvalue weighted by Crippen LogP contribution is 2.40. The molecule has 3 aromatic rings. The van der Waals surface area contributed by atoms with Crippen molar-refractivity contribution in [3.63, 3.8) is 0 Å². The van der Waals surface area contributed by atoms with Crippen molar-refractivity contribution in [1.29, 1.82) is 5.26 Å². The van der Waals surface area contributed by atoms with Crippen LogP contribution < -0.4 is 0 Å². The largest absolute Gasteiger partial charge is 0.249 e. The molecular weight excluding hydrogens is 398 g/mol. The summed E-state index contributed by atoms with van der Waals surface area (Å²) in [4.78, 5) is 1.36. The van der Waals surface area contributed by atoms with Crippen molar-refractivity contribution >= 4 is 16.4 Å². The third-order valence-electron chi connectivity index (χ3n) is 5.32. The molecule has 0 amide bonds. The molecule has 3 heteroatoms. The Kier molecular flexibility index (Phi) is 7.24. The molecule has 154 valence electrons. The van der Waals surface area contributed by atoms with Crippen molar-refractivity contribution < 1.29 is 4.21 Å². The molecule has 0 unspecified atom stereocenters. The predicted molar refractivity (Wildman–Crippen MR) is 128 cm³/mol. The molecular formula is C28H25NOS. The average Bonchev–Trinajstić information content (AvgIpc) is 2.82. The van der Waals surface area contributed by atoms with Crippen molar-refractivity contribution in [3.8, 4) is 17.9 Å². The van der Waals surface area contributed by atoms with Crippen molar-refractivity contribution in [3.05, 3.63) is 102 Å². The molecule has 0 N–H and O–H groups in total. The Morgan fingerprint density at radius 1 is 1.00 bits per heavy atom. The molecule has 3 rings (SSSR count). The van der Waals surface area contributed by atoms with Gasteiger partial charge in [0.25, 0.3) is 0 Å². The van der Waals surface area contributed by atoms with Gasteiger partial charge in [-0.05, 0) is 55.2 Å². The van der Waals surface area contributed by atoms with E-state index in [0.29, 0.717) is 22.6 Å². The third-order valence-corrected chi connectivity index (χ3v) is 6.77. The zero-order valence-electron chi connectivity index (χ0n) is 17.9. The van der Waals surface area contributed by atoms with Gasteiger partial charge in [0.15, 0.2) is 0 Å². The highest BCUT2D eigenvalue weighted by molar-refractivity contribution is 7.85. The molecule has 2 atom stereocenters. The van der Waals surface area contributed by atoms with Gasteiger partial charge in [0.05, 0.1) is 22.3 Å². The Morgan fingerprint density at radius 3 is 2.29 bits per heavy atom. The molecule has 0 saturated carbocycles. The molecule has 0 spiro atoms. The summed E-state index contributed by atoms with van der Waals surface area (Å²) in [5, 5.41) is 10.4. The summed E-state index contributed by atoms with van der Waals surface area (Å²) in [5.41, 5.74) is 2.75. The third kappa shape index (κ3) is 5.02. The number of allylic oxidation sites excluding steroid dienone is 1. The number of hydrogen-bond acceptors (Lipinski definition) is 2. The fourth-order valence-electron chi connectivity index (χ4n) is 3.58. The second-order valence-corrected chi connectivity index (χ2v) is 8.97. The van der Waals surface area contributed by atoms with E-state index in [2.05, 4.69) is 24.5 Å². The van der Waals surface area contributed by atoms with Crippen LogP contribution in [0, 0.1) is 30.1 Å². The lowest BCUT2D eigenvalue weighted by molar-refractivity contribution is 0.568. The quantitative estimate of drug-likeness (QED) is 0.410. The molecule has 0 aliphatic carbocycles. The Balaban J connectivity index is 2.10. The van der Waals surface area contributed by atoms with Gasteiger partial charge in [-0.15, -0.1) is 11.8 Å². The number of hydrogen-bond donors (Lipinski definition) is 0.